The summed E-state index contributed by atoms with van der Waals surface area (Å²) in [5.74, 6) is -0.919. The molecule has 2 amide bonds. The molecule has 0 saturated heterocycles. The molecule has 19 heavy (non-hydrogen) atoms. The molecule has 2 aromatic rings. The van der Waals surface area contributed by atoms with Crippen LogP contribution in [0.3, 0.4) is 0 Å². The first-order chi connectivity index (χ1) is 8.99. The molecule has 0 aliphatic carbocycles. The summed E-state index contributed by atoms with van der Waals surface area (Å²) in [4.78, 5) is 28.4. The third kappa shape index (κ3) is 2.79. The quantitative estimate of drug-likeness (QED) is 0.899. The van der Waals surface area contributed by atoms with Crippen LogP contribution in [-0.2, 0) is 0 Å². The Hall–Kier alpha value is -2.21. The van der Waals surface area contributed by atoms with Crippen molar-refractivity contribution < 1.29 is 9.59 Å². The van der Waals surface area contributed by atoms with Gasteiger partial charge in [-0.05, 0) is 26.0 Å². The first-order valence-corrected chi connectivity index (χ1v) is 6.45. The van der Waals surface area contributed by atoms with Crippen LogP contribution in [0.25, 0.3) is 0 Å². The number of rotatable bonds is 3. The number of carbonyl (C=O) groups is 2. The number of aromatic nitrogens is 1. The number of amides is 2. The van der Waals surface area contributed by atoms with Crippen molar-refractivity contribution in [3.05, 3.63) is 45.4 Å². The Kier molecular flexibility index (Phi) is 3.62. The fraction of sp³-hybridized carbons (Fsp3) is 0.154. The number of benzene rings is 1. The average molecular weight is 275 g/mol. The van der Waals surface area contributed by atoms with Crippen molar-refractivity contribution in [3.63, 3.8) is 0 Å². The number of primary amides is 1. The molecular weight excluding hydrogens is 262 g/mol. The summed E-state index contributed by atoms with van der Waals surface area (Å²) in [5, 5.41) is 3.49. The highest BCUT2D eigenvalue weighted by molar-refractivity contribution is 7.11. The fourth-order valence-electron chi connectivity index (χ4n) is 1.73. The zero-order valence-corrected chi connectivity index (χ0v) is 11.4. The predicted octanol–water partition coefficient (Wildman–Crippen LogP) is 2.11. The van der Waals surface area contributed by atoms with Gasteiger partial charge in [-0.2, -0.15) is 0 Å². The van der Waals surface area contributed by atoms with Gasteiger partial charge in [0.05, 0.1) is 16.3 Å². The Morgan fingerprint density at radius 1 is 1.26 bits per heavy atom. The van der Waals surface area contributed by atoms with Gasteiger partial charge in [0.1, 0.15) is 5.69 Å². The first kappa shape index (κ1) is 13.2. The third-order valence-corrected chi connectivity index (χ3v) is 3.45. The molecule has 5 nitrogen and oxygen atoms in total. The molecule has 1 heterocycles. The van der Waals surface area contributed by atoms with E-state index in [9.17, 15) is 9.59 Å². The van der Waals surface area contributed by atoms with Gasteiger partial charge in [0.25, 0.3) is 11.8 Å². The number of nitrogens with two attached hydrogens (primary N) is 1. The summed E-state index contributed by atoms with van der Waals surface area (Å²) in [7, 11) is 0. The SMILES string of the molecule is Cc1nc(C(=O)Nc2ccccc2C(N)=O)c(C)s1. The molecule has 1 aromatic carbocycles. The highest BCUT2D eigenvalue weighted by atomic mass is 32.1. The highest BCUT2D eigenvalue weighted by Gasteiger charge is 2.16. The molecule has 2 rings (SSSR count). The monoisotopic (exact) mass is 275 g/mol. The molecule has 0 saturated carbocycles. The van der Waals surface area contributed by atoms with Gasteiger partial charge in [-0.25, -0.2) is 4.98 Å². The van der Waals surface area contributed by atoms with Crippen LogP contribution in [0.15, 0.2) is 24.3 Å². The van der Waals surface area contributed by atoms with Crippen LogP contribution >= 0.6 is 11.3 Å². The summed E-state index contributed by atoms with van der Waals surface area (Å²) in [5.41, 5.74) is 6.31. The number of nitrogens with zero attached hydrogens (tertiary/aromatic N) is 1. The molecule has 0 radical (unpaired) electrons. The molecule has 0 bridgehead atoms. The summed E-state index contributed by atoms with van der Waals surface area (Å²) in [6.07, 6.45) is 0. The van der Waals surface area contributed by atoms with E-state index in [4.69, 9.17) is 5.73 Å². The summed E-state index contributed by atoms with van der Waals surface area (Å²) < 4.78 is 0. The second-order valence-corrected chi connectivity index (χ2v) is 5.41. The minimum Gasteiger partial charge on any atom is -0.366 e. The number of anilines is 1. The minimum absolute atomic E-state index is 0.278. The van der Waals surface area contributed by atoms with Crippen molar-refractivity contribution in [1.29, 1.82) is 0 Å². The van der Waals surface area contributed by atoms with Gasteiger partial charge >= 0.3 is 0 Å². The van der Waals surface area contributed by atoms with Gasteiger partial charge in [0.15, 0.2) is 0 Å². The Bertz CT molecular complexity index is 649. The van der Waals surface area contributed by atoms with Crippen molar-refractivity contribution in [1.82, 2.24) is 4.98 Å². The maximum absolute atomic E-state index is 12.1. The van der Waals surface area contributed by atoms with Gasteiger partial charge in [-0.15, -0.1) is 11.3 Å². The highest BCUT2D eigenvalue weighted by Crippen LogP contribution is 2.19. The maximum Gasteiger partial charge on any atom is 0.275 e. The number of aryl methyl sites for hydroxylation is 2. The van der Waals surface area contributed by atoms with Crippen LogP contribution in [0.5, 0.6) is 0 Å². The number of nitrogens with one attached hydrogen (secondary N) is 1. The van der Waals surface area contributed by atoms with Crippen LogP contribution < -0.4 is 11.1 Å². The zero-order chi connectivity index (χ0) is 14.0. The lowest BCUT2D eigenvalue weighted by Gasteiger charge is -2.07. The second kappa shape index (κ2) is 5.19. The van der Waals surface area contributed by atoms with Gasteiger partial charge in [-0.1, -0.05) is 12.1 Å². The Morgan fingerprint density at radius 3 is 2.53 bits per heavy atom. The van der Waals surface area contributed by atoms with E-state index < -0.39 is 5.91 Å². The molecule has 6 heteroatoms. The largest absolute Gasteiger partial charge is 0.366 e. The molecule has 1 aromatic heterocycles. The lowest BCUT2D eigenvalue weighted by atomic mass is 10.1. The van der Waals surface area contributed by atoms with Crippen molar-refractivity contribution in [2.75, 3.05) is 5.32 Å². The smallest absolute Gasteiger partial charge is 0.275 e. The molecular formula is C13H13N3O2S. The summed E-state index contributed by atoms with van der Waals surface area (Å²) in [6.45, 7) is 3.67. The van der Waals surface area contributed by atoms with E-state index in [0.717, 1.165) is 9.88 Å². The molecule has 0 atom stereocenters. The van der Waals surface area contributed by atoms with Crippen molar-refractivity contribution in [3.8, 4) is 0 Å². The first-order valence-electron chi connectivity index (χ1n) is 5.63. The number of para-hydroxylation sites is 1. The number of carbonyl (C=O) groups excluding carboxylic acids is 2. The normalized spacial score (nSPS) is 10.2. The van der Waals surface area contributed by atoms with Crippen LogP contribution in [0.4, 0.5) is 5.69 Å². The van der Waals surface area contributed by atoms with E-state index in [1.807, 2.05) is 13.8 Å². The van der Waals surface area contributed by atoms with Crippen LogP contribution in [0.2, 0.25) is 0 Å². The standard InChI is InChI=1S/C13H13N3O2S/c1-7-11(15-8(2)19-7)13(18)16-10-6-4-3-5-9(10)12(14)17/h3-6H,1-2H3,(H2,14,17)(H,16,18). The van der Waals surface area contributed by atoms with E-state index in [1.165, 1.54) is 11.3 Å². The Balaban J connectivity index is 2.29. The summed E-state index contributed by atoms with van der Waals surface area (Å²) in [6, 6.07) is 6.61. The zero-order valence-electron chi connectivity index (χ0n) is 10.6. The molecule has 0 fully saturated rings. The Labute approximate surface area is 114 Å². The predicted molar refractivity (Wildman–Crippen MR) is 74.5 cm³/mol. The topological polar surface area (TPSA) is 85.1 Å². The number of hydrogen-bond donors (Lipinski definition) is 2. The molecule has 0 aliphatic heterocycles. The van der Waals surface area contributed by atoms with Gasteiger partial charge in [-0.3, -0.25) is 9.59 Å². The molecule has 0 aliphatic rings. The third-order valence-electron chi connectivity index (χ3n) is 2.56. The lowest BCUT2D eigenvalue weighted by Crippen LogP contribution is -2.18. The molecule has 0 unspecified atom stereocenters. The van der Waals surface area contributed by atoms with E-state index in [1.54, 1.807) is 24.3 Å². The number of hydrogen-bond acceptors (Lipinski definition) is 4. The van der Waals surface area contributed by atoms with E-state index >= 15 is 0 Å². The second-order valence-electron chi connectivity index (χ2n) is 4.00. The van der Waals surface area contributed by atoms with Crippen LogP contribution in [-0.4, -0.2) is 16.8 Å². The van der Waals surface area contributed by atoms with E-state index in [2.05, 4.69) is 10.3 Å². The maximum atomic E-state index is 12.1. The van der Waals surface area contributed by atoms with E-state index in [0.29, 0.717) is 11.4 Å². The molecule has 0 spiro atoms. The van der Waals surface area contributed by atoms with E-state index in [-0.39, 0.29) is 11.5 Å². The van der Waals surface area contributed by atoms with Crippen molar-refractivity contribution in [2.24, 2.45) is 5.73 Å². The molecule has 98 valence electrons. The van der Waals surface area contributed by atoms with Crippen LogP contribution in [0.1, 0.15) is 30.7 Å². The Morgan fingerprint density at radius 2 is 1.95 bits per heavy atom. The molecule has 3 N–H and O–H groups in total. The lowest BCUT2D eigenvalue weighted by molar-refractivity contribution is 0.100. The van der Waals surface area contributed by atoms with Crippen LogP contribution in [0, 0.1) is 13.8 Å². The minimum atomic E-state index is -0.581. The fourth-order valence-corrected chi connectivity index (χ4v) is 2.54. The van der Waals surface area contributed by atoms with Gasteiger partial charge in [0, 0.05) is 4.88 Å². The van der Waals surface area contributed by atoms with Gasteiger partial charge < -0.3 is 11.1 Å². The van der Waals surface area contributed by atoms with Crippen molar-refractivity contribution >= 4 is 28.8 Å². The number of thiazole rings is 1. The average Bonchev–Trinajstić information content (AvgIpc) is 2.69. The summed E-state index contributed by atoms with van der Waals surface area (Å²) >= 11 is 1.46. The van der Waals surface area contributed by atoms with Gasteiger partial charge in [0.2, 0.25) is 0 Å². The van der Waals surface area contributed by atoms with Crippen molar-refractivity contribution in [2.45, 2.75) is 13.8 Å².